The molecule has 0 amide bonds. The number of benzene rings is 2. The zero-order valence-corrected chi connectivity index (χ0v) is 12.6. The van der Waals surface area contributed by atoms with E-state index in [0.717, 1.165) is 9.64 Å². The van der Waals surface area contributed by atoms with E-state index in [4.69, 9.17) is 23.2 Å². The van der Waals surface area contributed by atoms with Crippen LogP contribution in [0.3, 0.4) is 0 Å². The lowest BCUT2D eigenvalue weighted by Gasteiger charge is -2.12. The molecule has 5 heteroatoms. The minimum atomic E-state index is -0.694. The molecule has 0 saturated heterocycles. The SMILES string of the molecule is Fc1ccc(C(Cl)c2ccc(I)c(Cl)c2)c(F)c1. The highest BCUT2D eigenvalue weighted by atomic mass is 127. The third-order valence-corrected chi connectivity index (χ3v) is 4.53. The molecule has 0 heterocycles. The molecule has 2 aromatic carbocycles. The molecule has 0 fully saturated rings. The fraction of sp³-hybridized carbons (Fsp3) is 0.0769. The van der Waals surface area contributed by atoms with Crippen LogP contribution in [0.15, 0.2) is 36.4 Å². The Bertz CT molecular complexity index is 587. The van der Waals surface area contributed by atoms with E-state index in [0.29, 0.717) is 10.6 Å². The van der Waals surface area contributed by atoms with Crippen LogP contribution in [-0.4, -0.2) is 0 Å². The predicted octanol–water partition coefficient (Wildman–Crippen LogP) is 5.55. The number of hydrogen-bond acceptors (Lipinski definition) is 0. The van der Waals surface area contributed by atoms with Gasteiger partial charge in [0.15, 0.2) is 0 Å². The summed E-state index contributed by atoms with van der Waals surface area (Å²) in [5.74, 6) is -1.29. The van der Waals surface area contributed by atoms with Gasteiger partial charge in [0.2, 0.25) is 0 Å². The number of halogens is 5. The number of alkyl halides is 1. The Labute approximate surface area is 127 Å². The third kappa shape index (κ3) is 2.95. The Kier molecular flexibility index (Phi) is 4.45. The van der Waals surface area contributed by atoms with Crippen molar-refractivity contribution in [2.24, 2.45) is 0 Å². The van der Waals surface area contributed by atoms with Crippen LogP contribution in [0, 0.1) is 15.2 Å². The molecule has 0 nitrogen and oxygen atoms in total. The van der Waals surface area contributed by atoms with Crippen molar-refractivity contribution in [3.63, 3.8) is 0 Å². The maximum absolute atomic E-state index is 13.6. The second kappa shape index (κ2) is 5.72. The second-order valence-electron chi connectivity index (χ2n) is 3.70. The molecule has 0 aliphatic rings. The molecule has 0 bridgehead atoms. The molecule has 0 aliphatic heterocycles. The minimum absolute atomic E-state index is 0.232. The topological polar surface area (TPSA) is 0 Å². The van der Waals surface area contributed by atoms with Crippen LogP contribution in [0.2, 0.25) is 5.02 Å². The van der Waals surface area contributed by atoms with Crippen molar-refractivity contribution < 1.29 is 8.78 Å². The maximum Gasteiger partial charge on any atom is 0.131 e. The highest BCUT2D eigenvalue weighted by molar-refractivity contribution is 14.1. The van der Waals surface area contributed by atoms with Crippen molar-refractivity contribution >= 4 is 45.8 Å². The van der Waals surface area contributed by atoms with Crippen molar-refractivity contribution in [1.29, 1.82) is 0 Å². The van der Waals surface area contributed by atoms with Gasteiger partial charge in [-0.25, -0.2) is 8.78 Å². The summed E-state index contributed by atoms with van der Waals surface area (Å²) in [6.07, 6.45) is 0. The molecule has 2 rings (SSSR count). The van der Waals surface area contributed by atoms with Crippen molar-refractivity contribution in [2.45, 2.75) is 5.38 Å². The lowest BCUT2D eigenvalue weighted by Crippen LogP contribution is -1.98. The summed E-state index contributed by atoms with van der Waals surface area (Å²) < 4.78 is 27.3. The van der Waals surface area contributed by atoms with Crippen LogP contribution >= 0.6 is 45.8 Å². The number of hydrogen-bond donors (Lipinski definition) is 0. The van der Waals surface area contributed by atoms with Gasteiger partial charge in [0.05, 0.1) is 10.4 Å². The Balaban J connectivity index is 2.41. The minimum Gasteiger partial charge on any atom is -0.207 e. The van der Waals surface area contributed by atoms with Gasteiger partial charge in [0.25, 0.3) is 0 Å². The van der Waals surface area contributed by atoms with Gasteiger partial charge in [-0.2, -0.15) is 0 Å². The van der Waals surface area contributed by atoms with E-state index in [9.17, 15) is 8.78 Å². The van der Waals surface area contributed by atoms with E-state index in [1.54, 1.807) is 18.2 Å². The summed E-state index contributed by atoms with van der Waals surface area (Å²) in [5, 5.41) is -0.138. The van der Waals surface area contributed by atoms with E-state index in [1.807, 2.05) is 0 Å². The molecule has 0 radical (unpaired) electrons. The zero-order chi connectivity index (χ0) is 13.3. The van der Waals surface area contributed by atoms with Gasteiger partial charge in [-0.3, -0.25) is 0 Å². The second-order valence-corrected chi connectivity index (χ2v) is 5.71. The standard InChI is InChI=1S/C13H7Cl2F2I/c14-10-5-7(1-4-12(10)18)13(15)9-3-2-8(16)6-11(9)17/h1-6,13H. The van der Waals surface area contributed by atoms with Crippen molar-refractivity contribution in [3.05, 3.63) is 67.8 Å². The van der Waals surface area contributed by atoms with E-state index >= 15 is 0 Å². The molecule has 1 atom stereocenters. The summed E-state index contributed by atoms with van der Waals surface area (Å²) in [6, 6.07) is 8.60. The Morgan fingerprint density at radius 2 is 1.78 bits per heavy atom. The van der Waals surface area contributed by atoms with Crippen LogP contribution in [0.25, 0.3) is 0 Å². The smallest absolute Gasteiger partial charge is 0.131 e. The molecule has 0 N–H and O–H groups in total. The molecule has 0 spiro atoms. The van der Waals surface area contributed by atoms with E-state index in [2.05, 4.69) is 22.6 Å². The largest absolute Gasteiger partial charge is 0.207 e. The Morgan fingerprint density at radius 1 is 1.06 bits per heavy atom. The van der Waals surface area contributed by atoms with Gasteiger partial charge in [-0.15, -0.1) is 11.6 Å². The molecular weight excluding hydrogens is 392 g/mol. The third-order valence-electron chi connectivity index (χ3n) is 2.47. The van der Waals surface area contributed by atoms with Crippen LogP contribution in [0.5, 0.6) is 0 Å². The van der Waals surface area contributed by atoms with Gasteiger partial charge < -0.3 is 0 Å². The molecule has 0 aromatic heterocycles. The molecule has 2 aromatic rings. The summed E-state index contributed by atoms with van der Waals surface area (Å²) in [5.41, 5.74) is 0.905. The first kappa shape index (κ1) is 14.0. The normalized spacial score (nSPS) is 12.5. The fourth-order valence-electron chi connectivity index (χ4n) is 1.56. The van der Waals surface area contributed by atoms with Gasteiger partial charge >= 0.3 is 0 Å². The molecule has 1 unspecified atom stereocenters. The monoisotopic (exact) mass is 398 g/mol. The van der Waals surface area contributed by atoms with Gasteiger partial charge in [-0.05, 0) is 46.4 Å². The molecule has 94 valence electrons. The Morgan fingerprint density at radius 3 is 2.39 bits per heavy atom. The van der Waals surface area contributed by atoms with Crippen LogP contribution in [-0.2, 0) is 0 Å². The van der Waals surface area contributed by atoms with E-state index in [1.165, 1.54) is 12.1 Å². The maximum atomic E-state index is 13.6. The Hall–Kier alpha value is -0.390. The lowest BCUT2D eigenvalue weighted by molar-refractivity contribution is 0.573. The average molecular weight is 399 g/mol. The lowest BCUT2D eigenvalue weighted by atomic mass is 10.0. The fourth-order valence-corrected chi connectivity index (χ4v) is 2.39. The van der Waals surface area contributed by atoms with Gasteiger partial charge in [0, 0.05) is 15.2 Å². The molecule has 18 heavy (non-hydrogen) atoms. The van der Waals surface area contributed by atoms with E-state index < -0.39 is 17.0 Å². The zero-order valence-electron chi connectivity index (χ0n) is 8.93. The molecule has 0 aliphatic carbocycles. The van der Waals surface area contributed by atoms with Crippen molar-refractivity contribution in [3.8, 4) is 0 Å². The van der Waals surface area contributed by atoms with Crippen LogP contribution in [0.4, 0.5) is 8.78 Å². The average Bonchev–Trinajstić information content (AvgIpc) is 2.32. The first-order valence-corrected chi connectivity index (χ1v) is 6.92. The van der Waals surface area contributed by atoms with E-state index in [-0.39, 0.29) is 5.56 Å². The van der Waals surface area contributed by atoms with Gasteiger partial charge in [-0.1, -0.05) is 23.7 Å². The predicted molar refractivity (Wildman–Crippen MR) is 78.2 cm³/mol. The van der Waals surface area contributed by atoms with Gasteiger partial charge in [0.1, 0.15) is 11.6 Å². The summed E-state index contributed by atoms with van der Waals surface area (Å²) in [7, 11) is 0. The van der Waals surface area contributed by atoms with Crippen LogP contribution < -0.4 is 0 Å². The highest BCUT2D eigenvalue weighted by Crippen LogP contribution is 2.33. The number of rotatable bonds is 2. The summed E-state index contributed by atoms with van der Waals surface area (Å²) >= 11 is 14.3. The molecule has 0 saturated carbocycles. The highest BCUT2D eigenvalue weighted by Gasteiger charge is 2.16. The van der Waals surface area contributed by atoms with Crippen molar-refractivity contribution in [1.82, 2.24) is 0 Å². The first-order valence-electron chi connectivity index (χ1n) is 5.03. The van der Waals surface area contributed by atoms with Crippen molar-refractivity contribution in [2.75, 3.05) is 0 Å². The quantitative estimate of drug-likeness (QED) is 0.459. The summed E-state index contributed by atoms with van der Waals surface area (Å²) in [6.45, 7) is 0. The van der Waals surface area contributed by atoms with Crippen LogP contribution in [0.1, 0.15) is 16.5 Å². The molecular formula is C13H7Cl2F2I. The first-order chi connectivity index (χ1) is 8.49. The summed E-state index contributed by atoms with van der Waals surface area (Å²) in [4.78, 5) is 0.